The van der Waals surface area contributed by atoms with Crippen LogP contribution in [0.1, 0.15) is 31.3 Å². The van der Waals surface area contributed by atoms with E-state index in [1.54, 1.807) is 6.20 Å². The minimum Gasteiger partial charge on any atom is -0.486 e. The molecule has 0 amide bonds. The lowest BCUT2D eigenvalue weighted by molar-refractivity contribution is 0.289. The number of aromatic nitrogens is 2. The Hall–Kier alpha value is -1.81. The van der Waals surface area contributed by atoms with Crippen molar-refractivity contribution in [1.29, 1.82) is 0 Å². The van der Waals surface area contributed by atoms with Crippen LogP contribution >= 0.6 is 0 Å². The van der Waals surface area contributed by atoms with Crippen molar-refractivity contribution < 1.29 is 4.74 Å². The molecule has 2 N–H and O–H groups in total. The summed E-state index contributed by atoms with van der Waals surface area (Å²) in [6.07, 6.45) is 3.75. The zero-order valence-corrected chi connectivity index (χ0v) is 10.8. The molecule has 0 spiro atoms. The summed E-state index contributed by atoms with van der Waals surface area (Å²) in [4.78, 5) is 4.27. The van der Waals surface area contributed by atoms with Crippen LogP contribution in [0, 0.1) is 0 Å². The van der Waals surface area contributed by atoms with E-state index in [4.69, 9.17) is 10.5 Å². The van der Waals surface area contributed by atoms with E-state index >= 15 is 0 Å². The summed E-state index contributed by atoms with van der Waals surface area (Å²) in [5.74, 6) is 1.76. The molecular formula is C14H19N3O. The molecule has 1 heterocycles. The molecule has 0 aliphatic carbocycles. The van der Waals surface area contributed by atoms with E-state index in [1.807, 2.05) is 37.4 Å². The standard InChI is InChI=1S/C14H19N3O/c1-3-17-8-7-16-14(17)10-18-13-6-4-5-12(9-13)11(2)15/h4-9,11H,3,10,15H2,1-2H3. The predicted octanol–water partition coefficient (Wildman–Crippen LogP) is 2.50. The van der Waals surface area contributed by atoms with Crippen LogP contribution in [0.3, 0.4) is 0 Å². The van der Waals surface area contributed by atoms with Gasteiger partial charge in [-0.25, -0.2) is 4.98 Å². The molecule has 1 aromatic heterocycles. The summed E-state index contributed by atoms with van der Waals surface area (Å²) in [6.45, 7) is 5.42. The lowest BCUT2D eigenvalue weighted by atomic mass is 10.1. The zero-order chi connectivity index (χ0) is 13.0. The fraction of sp³-hybridized carbons (Fsp3) is 0.357. The second-order valence-electron chi connectivity index (χ2n) is 4.28. The van der Waals surface area contributed by atoms with Crippen molar-refractivity contribution in [1.82, 2.24) is 9.55 Å². The Morgan fingerprint density at radius 2 is 2.28 bits per heavy atom. The molecule has 18 heavy (non-hydrogen) atoms. The Bertz CT molecular complexity index is 505. The lowest BCUT2D eigenvalue weighted by Gasteiger charge is -2.10. The van der Waals surface area contributed by atoms with Gasteiger partial charge < -0.3 is 15.0 Å². The molecule has 0 saturated carbocycles. The van der Waals surface area contributed by atoms with Crippen molar-refractivity contribution >= 4 is 0 Å². The molecule has 2 rings (SSSR count). The fourth-order valence-electron chi connectivity index (χ4n) is 1.80. The number of aryl methyl sites for hydroxylation is 1. The van der Waals surface area contributed by atoms with Gasteiger partial charge in [-0.2, -0.15) is 0 Å². The first-order chi connectivity index (χ1) is 8.70. The number of imidazole rings is 1. The smallest absolute Gasteiger partial charge is 0.146 e. The molecule has 0 aliphatic rings. The van der Waals surface area contributed by atoms with E-state index < -0.39 is 0 Å². The van der Waals surface area contributed by atoms with E-state index in [0.29, 0.717) is 6.61 Å². The number of rotatable bonds is 5. The van der Waals surface area contributed by atoms with Crippen LogP contribution in [0.4, 0.5) is 0 Å². The average Bonchev–Trinajstić information content (AvgIpc) is 2.84. The first-order valence-corrected chi connectivity index (χ1v) is 6.19. The summed E-state index contributed by atoms with van der Waals surface area (Å²) >= 11 is 0. The highest BCUT2D eigenvalue weighted by Crippen LogP contribution is 2.18. The average molecular weight is 245 g/mol. The van der Waals surface area contributed by atoms with Crippen LogP contribution in [-0.2, 0) is 13.2 Å². The number of nitrogens with zero attached hydrogens (tertiary/aromatic N) is 2. The van der Waals surface area contributed by atoms with Gasteiger partial charge >= 0.3 is 0 Å². The Morgan fingerprint density at radius 3 is 3.00 bits per heavy atom. The summed E-state index contributed by atoms with van der Waals surface area (Å²) in [7, 11) is 0. The monoisotopic (exact) mass is 245 g/mol. The fourth-order valence-corrected chi connectivity index (χ4v) is 1.80. The Labute approximate surface area is 107 Å². The number of ether oxygens (including phenoxy) is 1. The second-order valence-corrected chi connectivity index (χ2v) is 4.28. The van der Waals surface area contributed by atoms with Crippen molar-refractivity contribution in [2.75, 3.05) is 0 Å². The third kappa shape index (κ3) is 2.90. The summed E-state index contributed by atoms with van der Waals surface area (Å²) in [6, 6.07) is 7.89. The SMILES string of the molecule is CCn1ccnc1COc1cccc(C(C)N)c1. The van der Waals surface area contributed by atoms with Gasteiger partial charge in [-0.05, 0) is 31.5 Å². The maximum Gasteiger partial charge on any atom is 0.146 e. The Kier molecular flexibility index (Phi) is 3.99. The molecule has 96 valence electrons. The van der Waals surface area contributed by atoms with Gasteiger partial charge in [0.15, 0.2) is 0 Å². The van der Waals surface area contributed by atoms with Gasteiger partial charge in [0, 0.05) is 25.0 Å². The molecule has 1 aromatic carbocycles. The molecule has 1 atom stereocenters. The van der Waals surface area contributed by atoms with Crippen LogP contribution in [-0.4, -0.2) is 9.55 Å². The molecule has 4 heteroatoms. The highest BCUT2D eigenvalue weighted by atomic mass is 16.5. The van der Waals surface area contributed by atoms with E-state index in [2.05, 4.69) is 16.5 Å². The molecule has 0 radical (unpaired) electrons. The van der Waals surface area contributed by atoms with Crippen molar-refractivity contribution in [2.45, 2.75) is 33.0 Å². The van der Waals surface area contributed by atoms with Crippen LogP contribution in [0.2, 0.25) is 0 Å². The number of nitrogens with two attached hydrogens (primary N) is 1. The van der Waals surface area contributed by atoms with E-state index in [1.165, 1.54) is 0 Å². The highest BCUT2D eigenvalue weighted by molar-refractivity contribution is 5.30. The highest BCUT2D eigenvalue weighted by Gasteiger charge is 2.04. The molecule has 4 nitrogen and oxygen atoms in total. The van der Waals surface area contributed by atoms with E-state index in [-0.39, 0.29) is 6.04 Å². The lowest BCUT2D eigenvalue weighted by Crippen LogP contribution is -2.07. The van der Waals surface area contributed by atoms with Crippen molar-refractivity contribution in [3.8, 4) is 5.75 Å². The third-order valence-electron chi connectivity index (χ3n) is 2.89. The molecular weight excluding hydrogens is 226 g/mol. The van der Waals surface area contributed by atoms with Crippen molar-refractivity contribution in [3.63, 3.8) is 0 Å². The predicted molar refractivity (Wildman–Crippen MR) is 71.3 cm³/mol. The normalized spacial score (nSPS) is 12.4. The number of hydrogen-bond acceptors (Lipinski definition) is 3. The largest absolute Gasteiger partial charge is 0.486 e. The van der Waals surface area contributed by atoms with Crippen LogP contribution in [0.5, 0.6) is 5.75 Å². The van der Waals surface area contributed by atoms with Gasteiger partial charge in [-0.1, -0.05) is 12.1 Å². The first-order valence-electron chi connectivity index (χ1n) is 6.19. The summed E-state index contributed by atoms with van der Waals surface area (Å²) in [5.41, 5.74) is 6.92. The Balaban J connectivity index is 2.04. The molecule has 0 fully saturated rings. The van der Waals surface area contributed by atoms with Crippen molar-refractivity contribution in [2.24, 2.45) is 5.73 Å². The Morgan fingerprint density at radius 1 is 1.44 bits per heavy atom. The van der Waals surface area contributed by atoms with Crippen LogP contribution in [0.25, 0.3) is 0 Å². The topological polar surface area (TPSA) is 53.1 Å². The molecule has 2 aromatic rings. The van der Waals surface area contributed by atoms with Gasteiger partial charge in [0.2, 0.25) is 0 Å². The van der Waals surface area contributed by atoms with Crippen LogP contribution < -0.4 is 10.5 Å². The van der Waals surface area contributed by atoms with Gasteiger partial charge in [0.25, 0.3) is 0 Å². The zero-order valence-electron chi connectivity index (χ0n) is 10.8. The molecule has 1 unspecified atom stereocenters. The van der Waals surface area contributed by atoms with Gasteiger partial charge in [0.05, 0.1) is 0 Å². The first kappa shape index (κ1) is 12.6. The quantitative estimate of drug-likeness (QED) is 0.880. The number of benzene rings is 1. The van der Waals surface area contributed by atoms with Gasteiger partial charge in [-0.3, -0.25) is 0 Å². The van der Waals surface area contributed by atoms with Crippen LogP contribution in [0.15, 0.2) is 36.7 Å². The summed E-state index contributed by atoms with van der Waals surface area (Å²) < 4.78 is 7.81. The molecule has 0 saturated heterocycles. The van der Waals surface area contributed by atoms with Gasteiger partial charge in [-0.15, -0.1) is 0 Å². The molecule has 0 aliphatic heterocycles. The summed E-state index contributed by atoms with van der Waals surface area (Å²) in [5, 5.41) is 0. The van der Waals surface area contributed by atoms with E-state index in [9.17, 15) is 0 Å². The van der Waals surface area contributed by atoms with Gasteiger partial charge in [0.1, 0.15) is 18.2 Å². The van der Waals surface area contributed by atoms with Crippen molar-refractivity contribution in [3.05, 3.63) is 48.0 Å². The minimum absolute atomic E-state index is 0.0196. The molecule has 0 bridgehead atoms. The third-order valence-corrected chi connectivity index (χ3v) is 2.89. The minimum atomic E-state index is 0.0196. The maximum absolute atomic E-state index is 5.85. The second kappa shape index (κ2) is 5.69. The number of hydrogen-bond donors (Lipinski definition) is 1. The maximum atomic E-state index is 5.85. The van der Waals surface area contributed by atoms with E-state index in [0.717, 1.165) is 23.7 Å².